The molecule has 3 rings (SSSR count). The maximum absolute atomic E-state index is 11.6. The SMILES string of the molecule is CC1(O)[C@@H](O)[C@@H](CO)O[C@H]1n1cnc2c(=O)[nH]cnc21. The normalized spacial score (nSPS) is 33.9. The summed E-state index contributed by atoms with van der Waals surface area (Å²) >= 11 is 0. The van der Waals surface area contributed by atoms with Crippen LogP contribution in [0.1, 0.15) is 13.2 Å². The van der Waals surface area contributed by atoms with Crippen LogP contribution < -0.4 is 5.56 Å². The molecular formula is C11H14N4O5. The van der Waals surface area contributed by atoms with Gasteiger partial charge in [-0.1, -0.05) is 0 Å². The first-order valence-corrected chi connectivity index (χ1v) is 6.03. The van der Waals surface area contributed by atoms with Gasteiger partial charge in [0, 0.05) is 0 Å². The summed E-state index contributed by atoms with van der Waals surface area (Å²) in [7, 11) is 0. The first-order chi connectivity index (χ1) is 9.46. The highest BCUT2D eigenvalue weighted by Crippen LogP contribution is 2.38. The smallest absolute Gasteiger partial charge is 0.278 e. The van der Waals surface area contributed by atoms with Gasteiger partial charge in [-0.2, -0.15) is 0 Å². The Balaban J connectivity index is 2.12. The summed E-state index contributed by atoms with van der Waals surface area (Å²) in [5, 5.41) is 29.5. The van der Waals surface area contributed by atoms with Crippen molar-refractivity contribution in [2.24, 2.45) is 0 Å². The molecule has 1 saturated heterocycles. The maximum atomic E-state index is 11.6. The molecule has 0 bridgehead atoms. The number of hydrogen-bond donors (Lipinski definition) is 4. The van der Waals surface area contributed by atoms with Gasteiger partial charge in [-0.05, 0) is 6.92 Å². The Labute approximate surface area is 112 Å². The van der Waals surface area contributed by atoms with Crippen molar-refractivity contribution in [2.45, 2.75) is 31.0 Å². The lowest BCUT2D eigenvalue weighted by molar-refractivity contribution is -0.0950. The summed E-state index contributed by atoms with van der Waals surface area (Å²) < 4.78 is 6.82. The number of imidazole rings is 1. The van der Waals surface area contributed by atoms with Gasteiger partial charge in [0.2, 0.25) is 0 Å². The van der Waals surface area contributed by atoms with Crippen molar-refractivity contribution in [2.75, 3.05) is 6.61 Å². The van der Waals surface area contributed by atoms with Gasteiger partial charge in [-0.15, -0.1) is 0 Å². The minimum Gasteiger partial charge on any atom is -0.394 e. The predicted molar refractivity (Wildman–Crippen MR) is 65.8 cm³/mol. The molecule has 1 aliphatic heterocycles. The van der Waals surface area contributed by atoms with Crippen molar-refractivity contribution >= 4 is 11.2 Å². The fourth-order valence-corrected chi connectivity index (χ4v) is 2.42. The number of aliphatic hydroxyl groups excluding tert-OH is 2. The number of H-pyrrole nitrogens is 1. The van der Waals surface area contributed by atoms with E-state index in [1.54, 1.807) is 0 Å². The number of nitrogens with one attached hydrogen (secondary N) is 1. The lowest BCUT2D eigenvalue weighted by Gasteiger charge is -2.27. The van der Waals surface area contributed by atoms with Crippen LogP contribution in [0.15, 0.2) is 17.4 Å². The molecule has 1 fully saturated rings. The number of ether oxygens (including phenoxy) is 1. The second-order valence-corrected chi connectivity index (χ2v) is 4.94. The van der Waals surface area contributed by atoms with Gasteiger partial charge in [0.15, 0.2) is 17.4 Å². The highest BCUT2D eigenvalue weighted by atomic mass is 16.6. The quantitative estimate of drug-likeness (QED) is 0.506. The minimum absolute atomic E-state index is 0.105. The third kappa shape index (κ3) is 1.68. The molecule has 0 amide bonds. The molecular weight excluding hydrogens is 268 g/mol. The van der Waals surface area contributed by atoms with Crippen molar-refractivity contribution in [1.29, 1.82) is 0 Å². The number of fused-ring (bicyclic) bond motifs is 1. The van der Waals surface area contributed by atoms with Crippen LogP contribution in [-0.4, -0.2) is 59.3 Å². The maximum Gasteiger partial charge on any atom is 0.278 e. The fourth-order valence-electron chi connectivity index (χ4n) is 2.42. The van der Waals surface area contributed by atoms with E-state index in [0.29, 0.717) is 0 Å². The molecule has 9 heteroatoms. The zero-order valence-corrected chi connectivity index (χ0v) is 10.6. The number of aliphatic hydroxyl groups is 3. The molecule has 1 unspecified atom stereocenters. The van der Waals surface area contributed by atoms with Gasteiger partial charge < -0.3 is 25.0 Å². The first-order valence-electron chi connectivity index (χ1n) is 6.03. The Morgan fingerprint density at radius 1 is 1.55 bits per heavy atom. The van der Waals surface area contributed by atoms with E-state index in [-0.39, 0.29) is 11.2 Å². The second-order valence-electron chi connectivity index (χ2n) is 4.94. The van der Waals surface area contributed by atoms with Crippen molar-refractivity contribution in [3.05, 3.63) is 23.0 Å². The zero-order valence-electron chi connectivity index (χ0n) is 10.6. The van der Waals surface area contributed by atoms with Gasteiger partial charge >= 0.3 is 0 Å². The summed E-state index contributed by atoms with van der Waals surface area (Å²) in [6.45, 7) is 0.950. The molecule has 0 saturated carbocycles. The monoisotopic (exact) mass is 282 g/mol. The summed E-state index contributed by atoms with van der Waals surface area (Å²) in [5.74, 6) is 0. The summed E-state index contributed by atoms with van der Waals surface area (Å²) in [6, 6.07) is 0. The number of aromatic amines is 1. The molecule has 0 aliphatic carbocycles. The van der Waals surface area contributed by atoms with Gasteiger partial charge in [-0.25, -0.2) is 9.97 Å². The van der Waals surface area contributed by atoms with Crippen LogP contribution in [0.2, 0.25) is 0 Å². The molecule has 108 valence electrons. The second kappa shape index (κ2) is 4.35. The van der Waals surface area contributed by atoms with Gasteiger partial charge in [0.25, 0.3) is 5.56 Å². The zero-order chi connectivity index (χ0) is 14.5. The molecule has 0 aromatic carbocycles. The van der Waals surface area contributed by atoms with Crippen molar-refractivity contribution < 1.29 is 20.1 Å². The summed E-state index contributed by atoms with van der Waals surface area (Å²) in [6.07, 6.45) is -0.675. The lowest BCUT2D eigenvalue weighted by Crippen LogP contribution is -2.44. The molecule has 1 aliphatic rings. The van der Waals surface area contributed by atoms with Gasteiger partial charge in [-0.3, -0.25) is 9.36 Å². The molecule has 4 atom stereocenters. The first kappa shape index (κ1) is 13.2. The summed E-state index contributed by atoms with van der Waals surface area (Å²) in [5.41, 5.74) is -1.73. The highest BCUT2D eigenvalue weighted by molar-refractivity contribution is 5.68. The van der Waals surface area contributed by atoms with Crippen LogP contribution in [0.5, 0.6) is 0 Å². The molecule has 2 aromatic heterocycles. The van der Waals surface area contributed by atoms with Crippen LogP contribution in [0.4, 0.5) is 0 Å². The third-order valence-electron chi connectivity index (χ3n) is 3.55. The molecule has 2 aromatic rings. The van der Waals surface area contributed by atoms with E-state index in [4.69, 9.17) is 9.84 Å². The van der Waals surface area contributed by atoms with Crippen LogP contribution in [0.25, 0.3) is 11.2 Å². The van der Waals surface area contributed by atoms with Crippen molar-refractivity contribution in [3.8, 4) is 0 Å². The average Bonchev–Trinajstić information content (AvgIpc) is 2.92. The van der Waals surface area contributed by atoms with E-state index in [1.807, 2.05) is 0 Å². The minimum atomic E-state index is -1.65. The average molecular weight is 282 g/mol. The van der Waals surface area contributed by atoms with E-state index in [9.17, 15) is 15.0 Å². The fraction of sp³-hybridized carbons (Fsp3) is 0.545. The molecule has 4 N–H and O–H groups in total. The molecule has 0 radical (unpaired) electrons. The highest BCUT2D eigenvalue weighted by Gasteiger charge is 2.53. The van der Waals surface area contributed by atoms with Crippen LogP contribution >= 0.6 is 0 Å². The molecule has 9 nitrogen and oxygen atoms in total. The Morgan fingerprint density at radius 3 is 2.95 bits per heavy atom. The Kier molecular flexibility index (Phi) is 2.87. The number of nitrogens with zero attached hydrogens (tertiary/aromatic N) is 3. The van der Waals surface area contributed by atoms with Crippen molar-refractivity contribution in [1.82, 2.24) is 19.5 Å². The number of rotatable bonds is 2. The lowest BCUT2D eigenvalue weighted by atomic mass is 9.96. The van der Waals surface area contributed by atoms with E-state index < -0.39 is 36.2 Å². The molecule has 3 heterocycles. The number of hydrogen-bond acceptors (Lipinski definition) is 7. The largest absolute Gasteiger partial charge is 0.394 e. The molecule has 0 spiro atoms. The van der Waals surface area contributed by atoms with Crippen LogP contribution in [0.3, 0.4) is 0 Å². The van der Waals surface area contributed by atoms with E-state index in [1.165, 1.54) is 24.1 Å². The Hall–Kier alpha value is -1.81. The van der Waals surface area contributed by atoms with Gasteiger partial charge in [0.1, 0.15) is 17.8 Å². The Morgan fingerprint density at radius 2 is 2.30 bits per heavy atom. The molecule has 20 heavy (non-hydrogen) atoms. The van der Waals surface area contributed by atoms with E-state index in [0.717, 1.165) is 0 Å². The third-order valence-corrected chi connectivity index (χ3v) is 3.55. The Bertz CT molecular complexity index is 693. The van der Waals surface area contributed by atoms with E-state index >= 15 is 0 Å². The van der Waals surface area contributed by atoms with E-state index in [2.05, 4.69) is 15.0 Å². The summed E-state index contributed by atoms with van der Waals surface area (Å²) in [4.78, 5) is 21.9. The van der Waals surface area contributed by atoms with Crippen LogP contribution in [-0.2, 0) is 4.74 Å². The standard InChI is InChI=1S/C11H14N4O5/c1-11(19)7(17)5(2-16)20-10(11)15-4-14-6-8(15)12-3-13-9(6)18/h3-5,7,10,16-17,19H,2H2,1H3,(H,12,13,18)/t5-,7+,10-,11?/m1/s1. The topological polar surface area (TPSA) is 133 Å². The van der Waals surface area contributed by atoms with Crippen LogP contribution in [0, 0.1) is 0 Å². The predicted octanol–water partition coefficient (Wildman–Crippen LogP) is -1.88. The van der Waals surface area contributed by atoms with Crippen molar-refractivity contribution in [3.63, 3.8) is 0 Å². The number of aromatic nitrogens is 4. The van der Waals surface area contributed by atoms with Gasteiger partial charge in [0.05, 0.1) is 19.3 Å².